The Hall–Kier alpha value is -4.51. The number of furan rings is 1. The van der Waals surface area contributed by atoms with Crippen LogP contribution in [0, 0.1) is 11.3 Å². The fourth-order valence-corrected chi connectivity index (χ4v) is 3.40. The molecule has 0 radical (unpaired) electrons. The van der Waals surface area contributed by atoms with Gasteiger partial charge in [-0.1, -0.05) is 0 Å². The average Bonchev–Trinajstić information content (AvgIpc) is 3.32. The number of rotatable bonds is 5. The highest BCUT2D eigenvalue weighted by molar-refractivity contribution is 5.90. The van der Waals surface area contributed by atoms with Gasteiger partial charge in [0.15, 0.2) is 0 Å². The van der Waals surface area contributed by atoms with Crippen molar-refractivity contribution in [3.63, 3.8) is 0 Å². The van der Waals surface area contributed by atoms with Crippen LogP contribution in [-0.4, -0.2) is 23.9 Å². The summed E-state index contributed by atoms with van der Waals surface area (Å²) < 4.78 is 16.1. The maximum absolute atomic E-state index is 11.8. The van der Waals surface area contributed by atoms with Crippen molar-refractivity contribution >= 4 is 17.9 Å². The van der Waals surface area contributed by atoms with Gasteiger partial charge in [0.05, 0.1) is 30.0 Å². The van der Waals surface area contributed by atoms with Gasteiger partial charge in [-0.3, -0.25) is 4.99 Å². The number of aliphatic imine (C=N–C) groups is 1. The van der Waals surface area contributed by atoms with E-state index in [0.717, 1.165) is 0 Å². The average molecular weight is 429 g/mol. The number of benzene rings is 2. The number of nitrogens with two attached hydrogens (primary N) is 1. The molecular weight excluding hydrogens is 410 g/mol. The molecule has 3 N–H and O–H groups in total. The summed E-state index contributed by atoms with van der Waals surface area (Å²) in [5.74, 6) is -0.227. The molecule has 1 aliphatic heterocycles. The fourth-order valence-electron chi connectivity index (χ4n) is 3.40. The van der Waals surface area contributed by atoms with Crippen molar-refractivity contribution in [3.05, 3.63) is 88.7 Å². The van der Waals surface area contributed by atoms with Gasteiger partial charge in [0, 0.05) is 23.4 Å². The van der Waals surface area contributed by atoms with E-state index in [9.17, 15) is 15.2 Å². The number of aromatic hydroxyl groups is 1. The van der Waals surface area contributed by atoms with Crippen LogP contribution >= 0.6 is 0 Å². The zero-order valence-corrected chi connectivity index (χ0v) is 17.1. The Morgan fingerprint density at radius 1 is 1.31 bits per heavy atom. The van der Waals surface area contributed by atoms with Gasteiger partial charge >= 0.3 is 5.97 Å². The summed E-state index contributed by atoms with van der Waals surface area (Å²) in [5.41, 5.74) is 8.18. The highest BCUT2D eigenvalue weighted by atomic mass is 16.5. The number of nitrogens with zero attached hydrogens (tertiary/aromatic N) is 2. The highest BCUT2D eigenvalue weighted by Crippen LogP contribution is 2.44. The summed E-state index contributed by atoms with van der Waals surface area (Å²) in [6.07, 6.45) is 3.00. The van der Waals surface area contributed by atoms with Gasteiger partial charge in [-0.05, 0) is 49.4 Å². The number of allylic oxidation sites excluding steroid dienone is 1. The van der Waals surface area contributed by atoms with Crippen LogP contribution in [0.4, 0.5) is 5.69 Å². The van der Waals surface area contributed by atoms with Gasteiger partial charge in [0.2, 0.25) is 5.88 Å². The van der Waals surface area contributed by atoms with Crippen LogP contribution in [0.2, 0.25) is 0 Å². The normalized spacial score (nSPS) is 15.2. The maximum Gasteiger partial charge on any atom is 0.338 e. The molecule has 0 saturated carbocycles. The molecule has 32 heavy (non-hydrogen) atoms. The van der Waals surface area contributed by atoms with E-state index < -0.39 is 11.9 Å². The highest BCUT2D eigenvalue weighted by Gasteiger charge is 2.33. The predicted molar refractivity (Wildman–Crippen MR) is 116 cm³/mol. The van der Waals surface area contributed by atoms with Crippen LogP contribution < -0.4 is 10.5 Å². The minimum atomic E-state index is -0.574. The Morgan fingerprint density at radius 3 is 2.75 bits per heavy atom. The Morgan fingerprint density at radius 2 is 2.09 bits per heavy atom. The molecule has 0 saturated heterocycles. The number of ether oxygens (including phenoxy) is 2. The monoisotopic (exact) mass is 429 g/mol. The number of fused-ring (bicyclic) bond motifs is 1. The number of hydrogen-bond acceptors (Lipinski definition) is 8. The zero-order chi connectivity index (χ0) is 22.7. The van der Waals surface area contributed by atoms with Crippen LogP contribution in [-0.2, 0) is 4.74 Å². The van der Waals surface area contributed by atoms with E-state index in [4.69, 9.17) is 19.6 Å². The summed E-state index contributed by atoms with van der Waals surface area (Å²) in [6, 6.07) is 15.2. The van der Waals surface area contributed by atoms with Gasteiger partial charge in [-0.15, -0.1) is 0 Å². The Bertz CT molecular complexity index is 1250. The second-order valence-electron chi connectivity index (χ2n) is 6.91. The first-order valence-electron chi connectivity index (χ1n) is 9.81. The first-order valence-corrected chi connectivity index (χ1v) is 9.81. The molecule has 2 heterocycles. The first-order chi connectivity index (χ1) is 15.5. The summed E-state index contributed by atoms with van der Waals surface area (Å²) in [6.45, 7) is 2.04. The number of nitriles is 1. The van der Waals surface area contributed by atoms with Gasteiger partial charge in [0.1, 0.15) is 28.9 Å². The van der Waals surface area contributed by atoms with E-state index in [2.05, 4.69) is 11.1 Å². The molecule has 1 aromatic heterocycles. The molecule has 0 bridgehead atoms. The first kappa shape index (κ1) is 20.8. The van der Waals surface area contributed by atoms with Crippen molar-refractivity contribution in [3.8, 4) is 17.6 Å². The third-order valence-electron chi connectivity index (χ3n) is 4.92. The van der Waals surface area contributed by atoms with Crippen molar-refractivity contribution in [2.75, 3.05) is 6.61 Å². The maximum atomic E-state index is 11.8. The molecule has 0 fully saturated rings. The van der Waals surface area contributed by atoms with Gasteiger partial charge in [0.25, 0.3) is 0 Å². The molecule has 1 unspecified atom stereocenters. The minimum absolute atomic E-state index is 0.0380. The molecule has 3 aromatic rings. The quantitative estimate of drug-likeness (QED) is 0.460. The van der Waals surface area contributed by atoms with Gasteiger partial charge < -0.3 is 24.7 Å². The molecule has 0 spiro atoms. The molecule has 4 rings (SSSR count). The van der Waals surface area contributed by atoms with Crippen LogP contribution in [0.25, 0.3) is 0 Å². The van der Waals surface area contributed by atoms with Crippen molar-refractivity contribution in [2.45, 2.75) is 12.8 Å². The summed E-state index contributed by atoms with van der Waals surface area (Å²) in [5, 5.41) is 20.1. The number of carbonyl (C=O) groups is 1. The molecule has 2 aromatic carbocycles. The molecule has 1 aliphatic rings. The molecular formula is C24H19N3O5. The number of phenols is 1. The minimum Gasteiger partial charge on any atom is -0.507 e. The van der Waals surface area contributed by atoms with E-state index in [1.807, 2.05) is 0 Å². The molecule has 0 aliphatic carbocycles. The standard InChI is InChI=1S/C24H19N3O5/c1-2-30-24(29)14-5-7-16(8-6-14)27-13-15-10-17-21(11-19(15)28)32-23(26)18(12-25)22(17)20-4-3-9-31-20/h3-11,13,22,28H,2,26H2,1H3. The lowest BCUT2D eigenvalue weighted by atomic mass is 9.86. The lowest BCUT2D eigenvalue weighted by Crippen LogP contribution is -2.21. The Kier molecular flexibility index (Phi) is 5.64. The SMILES string of the molecule is CCOC(=O)c1ccc(N=Cc2cc3c(cc2O)OC(N)=C(C#N)C3c2ccco2)cc1. The number of carbonyl (C=O) groups excluding carboxylic acids is 1. The third-order valence-corrected chi connectivity index (χ3v) is 4.92. The van der Waals surface area contributed by atoms with E-state index in [0.29, 0.717) is 40.5 Å². The number of hydrogen-bond donors (Lipinski definition) is 2. The Labute approximate surface area is 183 Å². The lowest BCUT2D eigenvalue weighted by molar-refractivity contribution is 0.0526. The fraction of sp³-hybridized carbons (Fsp3) is 0.125. The lowest BCUT2D eigenvalue weighted by Gasteiger charge is -2.25. The van der Waals surface area contributed by atoms with E-state index in [1.165, 1.54) is 18.5 Å². The van der Waals surface area contributed by atoms with E-state index in [-0.39, 0.29) is 17.2 Å². The van der Waals surface area contributed by atoms with Crippen LogP contribution in [0.5, 0.6) is 11.5 Å². The smallest absolute Gasteiger partial charge is 0.338 e. The molecule has 8 heteroatoms. The molecule has 160 valence electrons. The van der Waals surface area contributed by atoms with E-state index in [1.54, 1.807) is 49.4 Å². The second kappa shape index (κ2) is 8.70. The van der Waals surface area contributed by atoms with Crippen LogP contribution in [0.1, 0.15) is 40.1 Å². The van der Waals surface area contributed by atoms with Crippen LogP contribution in [0.3, 0.4) is 0 Å². The number of esters is 1. The van der Waals surface area contributed by atoms with Crippen LogP contribution in [0.15, 0.2) is 75.7 Å². The molecule has 8 nitrogen and oxygen atoms in total. The summed E-state index contributed by atoms with van der Waals surface area (Å²) >= 11 is 0. The Balaban J connectivity index is 1.67. The van der Waals surface area contributed by atoms with Crippen molar-refractivity contribution in [1.82, 2.24) is 0 Å². The summed E-state index contributed by atoms with van der Waals surface area (Å²) in [7, 11) is 0. The zero-order valence-electron chi connectivity index (χ0n) is 17.1. The second-order valence-corrected chi connectivity index (χ2v) is 6.91. The molecule has 0 amide bonds. The predicted octanol–water partition coefficient (Wildman–Crippen LogP) is 4.13. The topological polar surface area (TPSA) is 131 Å². The molecule has 1 atom stereocenters. The van der Waals surface area contributed by atoms with E-state index >= 15 is 0 Å². The number of phenolic OH excluding ortho intramolecular Hbond substituents is 1. The summed E-state index contributed by atoms with van der Waals surface area (Å²) in [4.78, 5) is 16.1. The van der Waals surface area contributed by atoms with Crippen molar-refractivity contribution in [1.29, 1.82) is 5.26 Å². The van der Waals surface area contributed by atoms with Gasteiger partial charge in [-0.2, -0.15) is 5.26 Å². The largest absolute Gasteiger partial charge is 0.507 e. The van der Waals surface area contributed by atoms with Gasteiger partial charge in [-0.25, -0.2) is 4.79 Å². The van der Waals surface area contributed by atoms with Crippen molar-refractivity contribution in [2.24, 2.45) is 10.7 Å². The van der Waals surface area contributed by atoms with Crippen molar-refractivity contribution < 1.29 is 23.8 Å². The third kappa shape index (κ3) is 3.91.